The number of aromatic nitrogens is 1. The van der Waals surface area contributed by atoms with E-state index in [9.17, 15) is 23.6 Å². The van der Waals surface area contributed by atoms with Gasteiger partial charge in [0.1, 0.15) is 11.7 Å². The van der Waals surface area contributed by atoms with Gasteiger partial charge in [-0.3, -0.25) is 14.2 Å². The first-order valence-electron chi connectivity index (χ1n) is 13.2. The molecule has 0 saturated carbocycles. The van der Waals surface area contributed by atoms with Gasteiger partial charge in [0.15, 0.2) is 0 Å². The Hall–Kier alpha value is -4.54. The zero-order valence-electron chi connectivity index (χ0n) is 23.0. The molecule has 210 valence electrons. The van der Waals surface area contributed by atoms with Crippen LogP contribution in [-0.2, 0) is 4.79 Å². The number of nitrogens with zero attached hydrogens (tertiary/aromatic N) is 4. The number of rotatable bonds is 5. The molecule has 10 nitrogen and oxygen atoms in total. The molecule has 40 heavy (non-hydrogen) atoms. The summed E-state index contributed by atoms with van der Waals surface area (Å²) >= 11 is 0. The zero-order valence-corrected chi connectivity index (χ0v) is 23.0. The zero-order chi connectivity index (χ0) is 29.0. The van der Waals surface area contributed by atoms with Gasteiger partial charge in [0.25, 0.3) is 11.7 Å². The quantitative estimate of drug-likeness (QED) is 0.219. The summed E-state index contributed by atoms with van der Waals surface area (Å²) in [4.78, 5) is 59.4. The van der Waals surface area contributed by atoms with Crippen molar-refractivity contribution >= 4 is 40.5 Å². The fraction of sp³-hybridized carbons (Fsp3) is 0.345. The summed E-state index contributed by atoms with van der Waals surface area (Å²) in [5, 5.41) is 5.40. The minimum absolute atomic E-state index is 0.0759. The van der Waals surface area contributed by atoms with Gasteiger partial charge in [-0.25, -0.2) is 14.0 Å². The second kappa shape index (κ2) is 12.1. The van der Waals surface area contributed by atoms with Gasteiger partial charge in [-0.05, 0) is 39.8 Å². The molecule has 0 aliphatic carbocycles. The molecule has 0 atom stereocenters. The monoisotopic (exact) mass is 548 g/mol. The molecule has 1 aromatic heterocycles. The van der Waals surface area contributed by atoms with Crippen molar-refractivity contribution in [2.75, 3.05) is 26.2 Å². The van der Waals surface area contributed by atoms with Gasteiger partial charge in [0, 0.05) is 55.4 Å². The summed E-state index contributed by atoms with van der Waals surface area (Å²) in [5.41, 5.74) is 0.777. The average Bonchev–Trinajstić information content (AvgIpc) is 3.32. The lowest BCUT2D eigenvalue weighted by Gasteiger charge is -2.36. The summed E-state index contributed by atoms with van der Waals surface area (Å²) in [6.07, 6.45) is 1.22. The number of carbonyl (C=O) groups excluding carboxylic acids is 4. The van der Waals surface area contributed by atoms with Gasteiger partial charge < -0.3 is 20.4 Å². The molecule has 4 amide bonds. The van der Waals surface area contributed by atoms with Crippen LogP contribution in [0, 0.1) is 5.82 Å². The van der Waals surface area contributed by atoms with E-state index in [4.69, 9.17) is 0 Å². The highest BCUT2D eigenvalue weighted by atomic mass is 19.1. The van der Waals surface area contributed by atoms with Crippen molar-refractivity contribution in [1.82, 2.24) is 25.0 Å². The number of benzene rings is 2. The molecule has 1 fully saturated rings. The van der Waals surface area contributed by atoms with E-state index in [1.54, 1.807) is 13.8 Å². The summed E-state index contributed by atoms with van der Waals surface area (Å²) in [5.74, 6) is -1.91. The summed E-state index contributed by atoms with van der Waals surface area (Å²) < 4.78 is 16.0. The SMILES string of the molecule is CC(C)NC(=O)N=C(c1ccccc1)N1CCN(C(=O)C(=O)c2cn(C(=O)NC(C)C)c3cccc(F)c23)CC1. The van der Waals surface area contributed by atoms with Gasteiger partial charge >= 0.3 is 12.1 Å². The molecule has 4 rings (SSSR count). The number of carbonyl (C=O) groups is 4. The van der Waals surface area contributed by atoms with Crippen LogP contribution >= 0.6 is 0 Å². The number of piperazine rings is 1. The molecule has 2 N–H and O–H groups in total. The fourth-order valence-corrected chi connectivity index (χ4v) is 4.56. The minimum Gasteiger partial charge on any atom is -0.352 e. The molecule has 0 unspecified atom stereocenters. The highest BCUT2D eigenvalue weighted by Crippen LogP contribution is 2.26. The van der Waals surface area contributed by atoms with Crippen LogP contribution in [0.25, 0.3) is 10.9 Å². The Labute approximate surface area is 231 Å². The van der Waals surface area contributed by atoms with Crippen molar-refractivity contribution in [3.63, 3.8) is 0 Å². The van der Waals surface area contributed by atoms with E-state index >= 15 is 0 Å². The van der Waals surface area contributed by atoms with Crippen molar-refractivity contribution < 1.29 is 23.6 Å². The summed E-state index contributed by atoms with van der Waals surface area (Å²) in [6.45, 7) is 8.29. The maximum Gasteiger partial charge on any atom is 0.343 e. The molecule has 1 aliphatic heterocycles. The van der Waals surface area contributed by atoms with E-state index in [0.717, 1.165) is 10.1 Å². The van der Waals surface area contributed by atoms with E-state index in [-0.39, 0.29) is 41.6 Å². The lowest BCUT2D eigenvalue weighted by molar-refractivity contribution is -0.127. The number of Topliss-reactive ketones (excluding diaryl/α,β-unsaturated/α-hetero) is 1. The number of halogens is 1. The van der Waals surface area contributed by atoms with Crippen LogP contribution in [0.5, 0.6) is 0 Å². The van der Waals surface area contributed by atoms with Crippen molar-refractivity contribution in [2.45, 2.75) is 39.8 Å². The van der Waals surface area contributed by atoms with Gasteiger partial charge in [0.2, 0.25) is 0 Å². The van der Waals surface area contributed by atoms with Gasteiger partial charge in [-0.1, -0.05) is 36.4 Å². The van der Waals surface area contributed by atoms with Crippen molar-refractivity contribution in [3.8, 4) is 0 Å². The van der Waals surface area contributed by atoms with Crippen molar-refractivity contribution in [2.24, 2.45) is 4.99 Å². The Bertz CT molecular complexity index is 1460. The molecule has 0 radical (unpaired) electrons. The number of amidine groups is 1. The second-order valence-electron chi connectivity index (χ2n) is 10.2. The van der Waals surface area contributed by atoms with Gasteiger partial charge in [-0.15, -0.1) is 0 Å². The first-order valence-corrected chi connectivity index (χ1v) is 13.2. The summed E-state index contributed by atoms with van der Waals surface area (Å²) in [7, 11) is 0. The van der Waals surface area contributed by atoms with E-state index in [0.29, 0.717) is 18.9 Å². The van der Waals surface area contributed by atoms with Crippen LogP contribution in [0.15, 0.2) is 59.7 Å². The number of fused-ring (bicyclic) bond motifs is 1. The lowest BCUT2D eigenvalue weighted by atomic mass is 10.1. The third kappa shape index (κ3) is 6.19. The molecule has 1 saturated heterocycles. The molecule has 2 heterocycles. The van der Waals surface area contributed by atoms with E-state index in [1.807, 2.05) is 49.1 Å². The van der Waals surface area contributed by atoms with Gasteiger partial charge in [0.05, 0.1) is 11.1 Å². The Morgan fingerprint density at radius 1 is 0.825 bits per heavy atom. The molecular weight excluding hydrogens is 515 g/mol. The molecule has 11 heteroatoms. The maximum atomic E-state index is 14.9. The standard InChI is InChI=1S/C29H33FN6O4/c1-18(2)31-28(39)33-26(20-9-6-5-7-10-20)34-13-15-35(16-14-34)27(38)25(37)21-17-36(29(40)32-19(3)4)23-12-8-11-22(30)24(21)23/h5-12,17-19H,13-16H2,1-4H3,(H,31,39)(H,32,40). The number of hydrogen-bond acceptors (Lipinski definition) is 4. The third-order valence-corrected chi connectivity index (χ3v) is 6.37. The molecular formula is C29H33FN6O4. The number of hydrogen-bond donors (Lipinski definition) is 2. The highest BCUT2D eigenvalue weighted by molar-refractivity contribution is 6.45. The number of nitrogens with one attached hydrogen (secondary N) is 2. The number of aliphatic imine (C=N–C) groups is 1. The fourth-order valence-electron chi connectivity index (χ4n) is 4.56. The molecule has 0 spiro atoms. The smallest absolute Gasteiger partial charge is 0.343 e. The van der Waals surface area contributed by atoms with Crippen molar-refractivity contribution in [1.29, 1.82) is 0 Å². The molecule has 2 aromatic carbocycles. The van der Waals surface area contributed by atoms with Crippen LogP contribution in [-0.4, -0.2) is 82.2 Å². The normalized spacial score (nSPS) is 14.1. The molecule has 1 aliphatic rings. The van der Waals surface area contributed by atoms with Crippen molar-refractivity contribution in [3.05, 3.63) is 71.7 Å². The number of ketones is 1. The predicted octanol–water partition coefficient (Wildman–Crippen LogP) is 3.64. The Morgan fingerprint density at radius 3 is 2.08 bits per heavy atom. The predicted molar refractivity (Wildman–Crippen MR) is 150 cm³/mol. The third-order valence-electron chi connectivity index (χ3n) is 6.37. The lowest BCUT2D eigenvalue weighted by Crippen LogP contribution is -2.52. The first kappa shape index (κ1) is 28.5. The van der Waals surface area contributed by atoms with Crippen LogP contribution in [0.1, 0.15) is 43.6 Å². The van der Waals surface area contributed by atoms with E-state index < -0.39 is 29.6 Å². The topological polar surface area (TPSA) is 116 Å². The second-order valence-corrected chi connectivity index (χ2v) is 10.2. The Kier molecular flexibility index (Phi) is 8.61. The van der Waals surface area contributed by atoms with Crippen LogP contribution < -0.4 is 10.6 Å². The Morgan fingerprint density at radius 2 is 1.45 bits per heavy atom. The van der Waals surface area contributed by atoms with Crippen LogP contribution in [0.3, 0.4) is 0 Å². The highest BCUT2D eigenvalue weighted by Gasteiger charge is 2.31. The first-order chi connectivity index (χ1) is 19.1. The largest absolute Gasteiger partial charge is 0.352 e. The average molecular weight is 549 g/mol. The minimum atomic E-state index is -0.895. The van der Waals surface area contributed by atoms with Gasteiger partial charge in [-0.2, -0.15) is 4.99 Å². The van der Waals surface area contributed by atoms with E-state index in [1.165, 1.54) is 29.3 Å². The molecule has 3 aromatic rings. The number of urea groups is 1. The summed E-state index contributed by atoms with van der Waals surface area (Å²) in [6, 6.07) is 12.2. The van der Waals surface area contributed by atoms with Crippen LogP contribution in [0.4, 0.5) is 14.0 Å². The number of amides is 4. The maximum absolute atomic E-state index is 14.9. The molecule has 0 bridgehead atoms. The van der Waals surface area contributed by atoms with Crippen LogP contribution in [0.2, 0.25) is 0 Å². The Balaban J connectivity index is 1.55. The van der Waals surface area contributed by atoms with E-state index in [2.05, 4.69) is 15.6 Å².